The fourth-order valence-corrected chi connectivity index (χ4v) is 2.95. The molecule has 0 unspecified atom stereocenters. The lowest BCUT2D eigenvalue weighted by molar-refractivity contribution is 0.866. The molecule has 0 fully saturated rings. The molecule has 0 saturated carbocycles. The maximum absolute atomic E-state index is 6.17. The Balaban J connectivity index is 1.73. The number of nitrogens with zero attached hydrogens (tertiary/aromatic N) is 4. The van der Waals surface area contributed by atoms with Crippen LogP contribution < -0.4 is 15.5 Å². The van der Waals surface area contributed by atoms with E-state index in [1.54, 1.807) is 6.20 Å². The van der Waals surface area contributed by atoms with Crippen LogP contribution in [0.3, 0.4) is 0 Å². The largest absolute Gasteiger partial charge is 0.372 e. The zero-order valence-electron chi connectivity index (χ0n) is 15.7. The predicted octanol–water partition coefficient (Wildman–Crippen LogP) is 5.17. The number of anilines is 5. The third-order valence-electron chi connectivity index (χ3n) is 4.34. The summed E-state index contributed by atoms with van der Waals surface area (Å²) in [6, 6.07) is 13.9. The summed E-state index contributed by atoms with van der Waals surface area (Å²) in [6.07, 6.45) is 1.58. The van der Waals surface area contributed by atoms with Gasteiger partial charge in [-0.2, -0.15) is 10.1 Å². The van der Waals surface area contributed by atoms with E-state index in [9.17, 15) is 0 Å². The zero-order valence-corrected chi connectivity index (χ0v) is 16.5. The normalized spacial score (nSPS) is 10.5. The van der Waals surface area contributed by atoms with Gasteiger partial charge in [-0.05, 0) is 62.7 Å². The highest BCUT2D eigenvalue weighted by Gasteiger charge is 2.06. The van der Waals surface area contributed by atoms with Gasteiger partial charge in [-0.25, -0.2) is 0 Å². The van der Waals surface area contributed by atoms with Gasteiger partial charge in [0.1, 0.15) is 0 Å². The molecule has 0 saturated heterocycles. The molecule has 0 bridgehead atoms. The molecule has 1 aromatic heterocycles. The van der Waals surface area contributed by atoms with Crippen molar-refractivity contribution in [3.05, 3.63) is 59.2 Å². The van der Waals surface area contributed by atoms with Crippen LogP contribution in [0.25, 0.3) is 0 Å². The van der Waals surface area contributed by atoms with Gasteiger partial charge in [-0.1, -0.05) is 17.7 Å². The van der Waals surface area contributed by atoms with Crippen molar-refractivity contribution >= 4 is 40.4 Å². The number of rotatable bonds is 7. The lowest BCUT2D eigenvalue weighted by Crippen LogP contribution is -2.21. The van der Waals surface area contributed by atoms with Crippen LogP contribution >= 0.6 is 11.6 Å². The van der Waals surface area contributed by atoms with Gasteiger partial charge in [-0.3, -0.25) is 0 Å². The van der Waals surface area contributed by atoms with Crippen molar-refractivity contribution in [1.29, 1.82) is 0 Å². The van der Waals surface area contributed by atoms with Crippen molar-refractivity contribution in [3.63, 3.8) is 0 Å². The van der Waals surface area contributed by atoms with Gasteiger partial charge in [-0.15, -0.1) is 5.10 Å². The van der Waals surface area contributed by atoms with Crippen molar-refractivity contribution in [1.82, 2.24) is 15.2 Å². The SMILES string of the molecule is CCN(CC)c1ccc(Nc2nncc(Nc3cccc(Cl)c3C)n2)cc1. The Labute approximate surface area is 164 Å². The molecular weight excluding hydrogens is 360 g/mol. The standard InChI is InChI=1S/C20H23ClN6/c1-4-27(5-2)16-11-9-15(10-12-16)23-20-25-19(13-22-26-20)24-18-8-6-7-17(21)14(18)3/h6-13H,4-5H2,1-3H3,(H2,23,24,25,26). The second kappa shape index (κ2) is 8.68. The van der Waals surface area contributed by atoms with Gasteiger partial charge in [0.2, 0.25) is 5.95 Å². The minimum atomic E-state index is 0.426. The van der Waals surface area contributed by atoms with Crippen LogP contribution in [-0.2, 0) is 0 Å². The van der Waals surface area contributed by atoms with Crippen LogP contribution in [0.2, 0.25) is 5.02 Å². The molecule has 3 rings (SSSR count). The minimum Gasteiger partial charge on any atom is -0.372 e. The van der Waals surface area contributed by atoms with E-state index in [4.69, 9.17) is 11.6 Å². The van der Waals surface area contributed by atoms with E-state index in [1.807, 2.05) is 37.3 Å². The number of hydrogen-bond acceptors (Lipinski definition) is 6. The topological polar surface area (TPSA) is 66.0 Å². The first-order chi connectivity index (χ1) is 13.1. The van der Waals surface area contributed by atoms with Crippen LogP contribution in [0, 0.1) is 6.92 Å². The van der Waals surface area contributed by atoms with E-state index in [1.165, 1.54) is 5.69 Å². The fourth-order valence-electron chi connectivity index (χ4n) is 2.77. The number of halogens is 1. The highest BCUT2D eigenvalue weighted by molar-refractivity contribution is 6.31. The van der Waals surface area contributed by atoms with E-state index >= 15 is 0 Å². The molecule has 0 amide bonds. The minimum absolute atomic E-state index is 0.426. The highest BCUT2D eigenvalue weighted by Crippen LogP contribution is 2.26. The van der Waals surface area contributed by atoms with Crippen molar-refractivity contribution in [2.45, 2.75) is 20.8 Å². The average Bonchev–Trinajstić information content (AvgIpc) is 2.68. The predicted molar refractivity (Wildman–Crippen MR) is 113 cm³/mol. The molecule has 6 nitrogen and oxygen atoms in total. The van der Waals surface area contributed by atoms with Crippen LogP contribution in [0.15, 0.2) is 48.7 Å². The molecule has 3 aromatic rings. The zero-order chi connectivity index (χ0) is 19.2. The van der Waals surface area contributed by atoms with Crippen molar-refractivity contribution < 1.29 is 0 Å². The molecule has 0 atom stereocenters. The molecule has 2 N–H and O–H groups in total. The average molecular weight is 383 g/mol. The van der Waals surface area contributed by atoms with Crippen LogP contribution in [0.4, 0.5) is 28.8 Å². The van der Waals surface area contributed by atoms with Gasteiger partial charge in [0.05, 0.1) is 6.20 Å². The van der Waals surface area contributed by atoms with Crippen LogP contribution in [0.5, 0.6) is 0 Å². The van der Waals surface area contributed by atoms with Gasteiger partial charge in [0.25, 0.3) is 0 Å². The molecule has 0 spiro atoms. The molecule has 0 aliphatic carbocycles. The van der Waals surface area contributed by atoms with Gasteiger partial charge >= 0.3 is 0 Å². The van der Waals surface area contributed by atoms with E-state index in [-0.39, 0.29) is 0 Å². The molecule has 0 radical (unpaired) electrons. The summed E-state index contributed by atoms with van der Waals surface area (Å²) in [5.74, 6) is 1.02. The van der Waals surface area contributed by atoms with Crippen molar-refractivity contribution in [2.24, 2.45) is 0 Å². The number of hydrogen-bond donors (Lipinski definition) is 2. The lowest BCUT2D eigenvalue weighted by atomic mass is 10.2. The third-order valence-corrected chi connectivity index (χ3v) is 4.75. The Kier molecular flexibility index (Phi) is 6.08. The molecular formula is C20H23ClN6. The summed E-state index contributed by atoms with van der Waals surface area (Å²) in [7, 11) is 0. The monoisotopic (exact) mass is 382 g/mol. The number of nitrogens with one attached hydrogen (secondary N) is 2. The van der Waals surface area contributed by atoms with Crippen molar-refractivity contribution in [2.75, 3.05) is 28.6 Å². The summed E-state index contributed by atoms with van der Waals surface area (Å²) in [5.41, 5.74) is 3.94. The van der Waals surface area contributed by atoms with Crippen LogP contribution in [0.1, 0.15) is 19.4 Å². The maximum Gasteiger partial charge on any atom is 0.249 e. The summed E-state index contributed by atoms with van der Waals surface area (Å²) in [5, 5.41) is 15.2. The van der Waals surface area contributed by atoms with Gasteiger partial charge in [0.15, 0.2) is 5.82 Å². The second-order valence-corrected chi connectivity index (χ2v) is 6.45. The molecule has 7 heteroatoms. The summed E-state index contributed by atoms with van der Waals surface area (Å²) < 4.78 is 0. The molecule has 2 aromatic carbocycles. The highest BCUT2D eigenvalue weighted by atomic mass is 35.5. The quantitative estimate of drug-likeness (QED) is 0.587. The summed E-state index contributed by atoms with van der Waals surface area (Å²) in [6.45, 7) is 8.21. The summed E-state index contributed by atoms with van der Waals surface area (Å²) in [4.78, 5) is 6.77. The summed E-state index contributed by atoms with van der Waals surface area (Å²) >= 11 is 6.17. The van der Waals surface area contributed by atoms with Crippen molar-refractivity contribution in [3.8, 4) is 0 Å². The third kappa shape index (κ3) is 4.65. The lowest BCUT2D eigenvalue weighted by Gasteiger charge is -2.21. The number of benzene rings is 2. The first-order valence-electron chi connectivity index (χ1n) is 8.94. The van der Waals surface area contributed by atoms with Gasteiger partial charge in [0, 0.05) is 35.2 Å². The smallest absolute Gasteiger partial charge is 0.249 e. The Morgan fingerprint density at radius 1 is 1.00 bits per heavy atom. The second-order valence-electron chi connectivity index (χ2n) is 6.05. The Hall–Kier alpha value is -2.86. The van der Waals surface area contributed by atoms with E-state index in [0.29, 0.717) is 16.8 Å². The molecule has 1 heterocycles. The number of aromatic nitrogens is 3. The first-order valence-corrected chi connectivity index (χ1v) is 9.32. The Morgan fingerprint density at radius 3 is 2.44 bits per heavy atom. The maximum atomic E-state index is 6.17. The van der Waals surface area contributed by atoms with E-state index in [2.05, 4.69) is 56.7 Å². The molecule has 0 aliphatic rings. The van der Waals surface area contributed by atoms with E-state index in [0.717, 1.165) is 30.0 Å². The van der Waals surface area contributed by atoms with E-state index < -0.39 is 0 Å². The Morgan fingerprint density at radius 2 is 1.74 bits per heavy atom. The molecule has 0 aliphatic heterocycles. The molecule has 27 heavy (non-hydrogen) atoms. The van der Waals surface area contributed by atoms with Crippen LogP contribution in [-0.4, -0.2) is 28.3 Å². The first kappa shape index (κ1) is 18.9. The Bertz CT molecular complexity index is 893. The fraction of sp³-hybridized carbons (Fsp3) is 0.250. The molecule has 140 valence electrons. The van der Waals surface area contributed by atoms with Gasteiger partial charge < -0.3 is 15.5 Å².